The Bertz CT molecular complexity index is 1410. The summed E-state index contributed by atoms with van der Waals surface area (Å²) >= 11 is 0. The number of pyridine rings is 1. The maximum absolute atomic E-state index is 13.3. The monoisotopic (exact) mass is 439 g/mol. The molecule has 3 aromatic heterocycles. The molecular formula is C21H21N5O4S. The Hall–Kier alpha value is -3.50. The van der Waals surface area contributed by atoms with Crippen LogP contribution in [-0.2, 0) is 17.1 Å². The fourth-order valence-electron chi connectivity index (χ4n) is 3.45. The van der Waals surface area contributed by atoms with Crippen LogP contribution in [0.3, 0.4) is 0 Å². The molecule has 0 aliphatic carbocycles. The van der Waals surface area contributed by atoms with Gasteiger partial charge in [-0.15, -0.1) is 0 Å². The van der Waals surface area contributed by atoms with E-state index in [1.54, 1.807) is 55.9 Å². The van der Waals surface area contributed by atoms with Crippen LogP contribution in [0.25, 0.3) is 22.5 Å². The van der Waals surface area contributed by atoms with Crippen molar-refractivity contribution in [2.24, 2.45) is 7.05 Å². The fraction of sp³-hybridized carbons (Fsp3) is 0.190. The fourth-order valence-corrected chi connectivity index (χ4v) is 4.44. The van der Waals surface area contributed by atoms with Gasteiger partial charge in [0.1, 0.15) is 5.69 Å². The third-order valence-corrected chi connectivity index (χ3v) is 6.55. The van der Waals surface area contributed by atoms with Crippen molar-refractivity contribution in [1.29, 1.82) is 0 Å². The number of rotatable bonds is 5. The van der Waals surface area contributed by atoms with Crippen LogP contribution in [0.4, 0.5) is 5.69 Å². The Morgan fingerprint density at radius 2 is 1.94 bits per heavy atom. The molecule has 0 bridgehead atoms. The van der Waals surface area contributed by atoms with Gasteiger partial charge in [0.05, 0.1) is 27.8 Å². The molecule has 4 rings (SSSR count). The molecule has 2 N–H and O–H groups in total. The number of sulfonamides is 1. The van der Waals surface area contributed by atoms with E-state index in [1.165, 1.54) is 19.4 Å². The molecule has 0 radical (unpaired) electrons. The van der Waals surface area contributed by atoms with Gasteiger partial charge in [0.2, 0.25) is 10.0 Å². The topological polar surface area (TPSA) is 119 Å². The van der Waals surface area contributed by atoms with E-state index < -0.39 is 15.9 Å². The van der Waals surface area contributed by atoms with E-state index in [9.17, 15) is 13.2 Å². The number of nitrogens with zero attached hydrogens (tertiary/aromatic N) is 3. The van der Waals surface area contributed by atoms with Gasteiger partial charge < -0.3 is 9.73 Å². The average Bonchev–Trinajstić information content (AvgIpc) is 3.37. The molecule has 0 atom stereocenters. The second kappa shape index (κ2) is 7.64. The predicted molar refractivity (Wildman–Crippen MR) is 116 cm³/mol. The minimum atomic E-state index is -3.66. The SMILES string of the molecule is CNS(=O)(=O)c1cc(NC(=O)c2cc(-c3ccco3)nc3c2c(C)nn3C)ccc1C. The average molecular weight is 439 g/mol. The van der Waals surface area contributed by atoms with Crippen LogP contribution in [0.15, 0.2) is 52.0 Å². The van der Waals surface area contributed by atoms with E-state index in [1.807, 2.05) is 0 Å². The van der Waals surface area contributed by atoms with E-state index >= 15 is 0 Å². The number of fused-ring (bicyclic) bond motifs is 1. The summed E-state index contributed by atoms with van der Waals surface area (Å²) < 4.78 is 33.9. The van der Waals surface area contributed by atoms with Crippen LogP contribution in [0.5, 0.6) is 0 Å². The quantitative estimate of drug-likeness (QED) is 0.493. The highest BCUT2D eigenvalue weighted by atomic mass is 32.2. The first-order valence-electron chi connectivity index (χ1n) is 9.45. The molecule has 0 unspecified atom stereocenters. The number of nitrogens with one attached hydrogen (secondary N) is 2. The first-order chi connectivity index (χ1) is 14.7. The number of carbonyl (C=O) groups is 1. The number of amides is 1. The zero-order valence-electron chi connectivity index (χ0n) is 17.4. The van der Waals surface area contributed by atoms with Gasteiger partial charge >= 0.3 is 0 Å². The zero-order chi connectivity index (χ0) is 22.3. The summed E-state index contributed by atoms with van der Waals surface area (Å²) in [6.45, 7) is 3.49. The number of hydrogen-bond acceptors (Lipinski definition) is 6. The molecule has 9 nitrogen and oxygen atoms in total. The van der Waals surface area contributed by atoms with Crippen LogP contribution in [0.2, 0.25) is 0 Å². The van der Waals surface area contributed by atoms with Crippen LogP contribution >= 0.6 is 0 Å². The van der Waals surface area contributed by atoms with Crippen molar-refractivity contribution in [3.8, 4) is 11.5 Å². The van der Waals surface area contributed by atoms with Gasteiger partial charge in [-0.05, 0) is 56.8 Å². The second-order valence-corrected chi connectivity index (χ2v) is 8.94. The van der Waals surface area contributed by atoms with E-state index in [0.717, 1.165) is 0 Å². The van der Waals surface area contributed by atoms with Crippen molar-refractivity contribution in [2.75, 3.05) is 12.4 Å². The maximum Gasteiger partial charge on any atom is 0.256 e. The molecule has 160 valence electrons. The summed E-state index contributed by atoms with van der Waals surface area (Å²) in [6, 6.07) is 9.88. The number of hydrogen-bond donors (Lipinski definition) is 2. The second-order valence-electron chi connectivity index (χ2n) is 7.08. The Balaban J connectivity index is 1.81. The highest BCUT2D eigenvalue weighted by molar-refractivity contribution is 7.89. The van der Waals surface area contributed by atoms with E-state index in [4.69, 9.17) is 4.42 Å². The summed E-state index contributed by atoms with van der Waals surface area (Å²) in [5.41, 5.74) is 2.98. The van der Waals surface area contributed by atoms with Crippen molar-refractivity contribution < 1.29 is 17.6 Å². The summed E-state index contributed by atoms with van der Waals surface area (Å²) in [7, 11) is -0.566. The number of benzene rings is 1. The van der Waals surface area contributed by atoms with E-state index in [2.05, 4.69) is 20.1 Å². The summed E-state index contributed by atoms with van der Waals surface area (Å²) in [5.74, 6) is 0.112. The molecule has 10 heteroatoms. The number of aromatic nitrogens is 3. The molecule has 1 aromatic carbocycles. The molecule has 4 aromatic rings. The van der Waals surface area contributed by atoms with Crippen LogP contribution in [-0.4, -0.2) is 36.1 Å². The largest absolute Gasteiger partial charge is 0.463 e. The van der Waals surface area contributed by atoms with Gasteiger partial charge in [0.25, 0.3) is 5.91 Å². The lowest BCUT2D eigenvalue weighted by Gasteiger charge is -2.11. The summed E-state index contributed by atoms with van der Waals surface area (Å²) in [4.78, 5) is 18.0. The normalized spacial score (nSPS) is 11.7. The molecule has 0 saturated heterocycles. The first kappa shape index (κ1) is 20.8. The minimum Gasteiger partial charge on any atom is -0.463 e. The number of anilines is 1. The summed E-state index contributed by atoms with van der Waals surface area (Å²) in [6.07, 6.45) is 1.53. The van der Waals surface area contributed by atoms with Crippen molar-refractivity contribution in [3.05, 3.63) is 59.5 Å². The molecule has 0 aliphatic heterocycles. The molecule has 0 aliphatic rings. The Labute approximate surface area is 179 Å². The maximum atomic E-state index is 13.3. The number of furan rings is 1. The van der Waals surface area contributed by atoms with Gasteiger partial charge in [0.15, 0.2) is 11.4 Å². The smallest absolute Gasteiger partial charge is 0.256 e. The molecule has 31 heavy (non-hydrogen) atoms. The third-order valence-electron chi connectivity index (χ3n) is 4.99. The summed E-state index contributed by atoms with van der Waals surface area (Å²) in [5, 5.41) is 7.80. The molecule has 0 spiro atoms. The van der Waals surface area contributed by atoms with Crippen molar-refractivity contribution in [1.82, 2.24) is 19.5 Å². The molecule has 1 amide bonds. The van der Waals surface area contributed by atoms with Gasteiger partial charge in [-0.1, -0.05) is 6.07 Å². The number of carbonyl (C=O) groups excluding carboxylic acids is 1. The molecular weight excluding hydrogens is 418 g/mol. The highest BCUT2D eigenvalue weighted by Crippen LogP contribution is 2.28. The third kappa shape index (κ3) is 3.71. The van der Waals surface area contributed by atoms with Crippen LogP contribution in [0, 0.1) is 13.8 Å². The van der Waals surface area contributed by atoms with Crippen molar-refractivity contribution in [3.63, 3.8) is 0 Å². The molecule has 0 saturated carbocycles. The highest BCUT2D eigenvalue weighted by Gasteiger charge is 2.21. The predicted octanol–water partition coefficient (Wildman–Crippen LogP) is 3.01. The van der Waals surface area contributed by atoms with Gasteiger partial charge in [0, 0.05) is 12.7 Å². The lowest BCUT2D eigenvalue weighted by Crippen LogP contribution is -2.20. The van der Waals surface area contributed by atoms with Crippen LogP contribution in [0.1, 0.15) is 21.6 Å². The standard InChI is InChI=1S/C21H21N5O4S/c1-12-7-8-14(10-18(12)31(28,29)22-3)23-21(27)15-11-16(17-6-5-9-30-17)24-20-19(15)13(2)25-26(20)4/h5-11,22H,1-4H3,(H,23,27). The Kier molecular flexibility index (Phi) is 5.11. The van der Waals surface area contributed by atoms with Crippen molar-refractivity contribution in [2.45, 2.75) is 18.7 Å². The first-order valence-corrected chi connectivity index (χ1v) is 10.9. The molecule has 3 heterocycles. The van der Waals surface area contributed by atoms with E-state index in [-0.39, 0.29) is 4.90 Å². The van der Waals surface area contributed by atoms with Gasteiger partial charge in [-0.3, -0.25) is 9.48 Å². The van der Waals surface area contributed by atoms with Gasteiger partial charge in [-0.25, -0.2) is 18.1 Å². The zero-order valence-corrected chi connectivity index (χ0v) is 18.2. The Morgan fingerprint density at radius 3 is 2.61 bits per heavy atom. The van der Waals surface area contributed by atoms with Gasteiger partial charge in [-0.2, -0.15) is 5.10 Å². The lowest BCUT2D eigenvalue weighted by atomic mass is 10.1. The number of aryl methyl sites for hydroxylation is 3. The van der Waals surface area contributed by atoms with Crippen molar-refractivity contribution >= 4 is 32.7 Å². The van der Waals surface area contributed by atoms with E-state index in [0.29, 0.717) is 45.0 Å². The minimum absolute atomic E-state index is 0.0986. The Morgan fingerprint density at radius 1 is 1.16 bits per heavy atom. The van der Waals surface area contributed by atoms with Crippen LogP contribution < -0.4 is 10.0 Å². The molecule has 0 fully saturated rings. The lowest BCUT2D eigenvalue weighted by molar-refractivity contribution is 0.102.